The number of carbonyl (C=O) groups is 1. The van der Waals surface area contributed by atoms with Gasteiger partial charge in [0.15, 0.2) is 0 Å². The van der Waals surface area contributed by atoms with Gasteiger partial charge in [0.1, 0.15) is 0 Å². The lowest BCUT2D eigenvalue weighted by atomic mass is 10.0. The normalized spacial score (nSPS) is 14.2. The summed E-state index contributed by atoms with van der Waals surface area (Å²) in [5, 5.41) is 0. The largest absolute Gasteiger partial charge is 0.339 e. The lowest BCUT2D eigenvalue weighted by Crippen LogP contribution is -2.28. The average Bonchev–Trinajstić information content (AvgIpc) is 2.91. The van der Waals surface area contributed by atoms with Crippen LogP contribution in [0.3, 0.4) is 0 Å². The number of rotatable bonds is 1. The van der Waals surface area contributed by atoms with Crippen molar-refractivity contribution < 1.29 is 4.79 Å². The van der Waals surface area contributed by atoms with Gasteiger partial charge in [-0.3, -0.25) is 4.79 Å². The number of nitrogens with two attached hydrogens (primary N) is 1. The molecule has 3 heteroatoms. The zero-order valence-electron chi connectivity index (χ0n) is 10.7. The van der Waals surface area contributed by atoms with Gasteiger partial charge in [-0.05, 0) is 37.5 Å². The van der Waals surface area contributed by atoms with Crippen LogP contribution >= 0.6 is 0 Å². The van der Waals surface area contributed by atoms with E-state index in [9.17, 15) is 4.79 Å². The van der Waals surface area contributed by atoms with Crippen molar-refractivity contribution in [3.63, 3.8) is 0 Å². The molecule has 0 atom stereocenters. The van der Waals surface area contributed by atoms with E-state index >= 15 is 0 Å². The molecule has 1 fully saturated rings. The highest BCUT2D eigenvalue weighted by atomic mass is 16.2. The highest BCUT2D eigenvalue weighted by Gasteiger charge is 2.21. The van der Waals surface area contributed by atoms with Gasteiger partial charge >= 0.3 is 0 Å². The molecule has 3 nitrogen and oxygen atoms in total. The number of amides is 1. The lowest BCUT2D eigenvalue weighted by Gasteiger charge is -2.17. The Labute approximate surface area is 108 Å². The third kappa shape index (κ3) is 2.55. The molecule has 1 heterocycles. The Balaban J connectivity index is 2.30. The Hall–Kier alpha value is -1.79. The van der Waals surface area contributed by atoms with Crippen LogP contribution in [0.5, 0.6) is 0 Å². The minimum Gasteiger partial charge on any atom is -0.339 e. The van der Waals surface area contributed by atoms with Crippen LogP contribution in [0.25, 0.3) is 0 Å². The Kier molecular flexibility index (Phi) is 4.01. The molecule has 0 saturated carbocycles. The zero-order valence-corrected chi connectivity index (χ0v) is 10.7. The molecule has 1 saturated heterocycles. The number of likely N-dealkylation sites (tertiary alicyclic amines) is 1. The van der Waals surface area contributed by atoms with Crippen molar-refractivity contribution in [3.05, 3.63) is 34.9 Å². The molecular weight excluding hydrogens is 224 g/mol. The number of hydrogen-bond acceptors (Lipinski definition) is 2. The summed E-state index contributed by atoms with van der Waals surface area (Å²) in [6.45, 7) is 4.03. The van der Waals surface area contributed by atoms with Crippen LogP contribution < -0.4 is 5.73 Å². The summed E-state index contributed by atoms with van der Waals surface area (Å²) in [5.41, 5.74) is 7.99. The Morgan fingerprint density at radius 3 is 2.78 bits per heavy atom. The van der Waals surface area contributed by atoms with E-state index in [-0.39, 0.29) is 5.91 Å². The smallest absolute Gasteiger partial charge is 0.254 e. The van der Waals surface area contributed by atoms with E-state index in [1.165, 1.54) is 0 Å². The molecule has 18 heavy (non-hydrogen) atoms. The Morgan fingerprint density at radius 2 is 2.11 bits per heavy atom. The molecule has 0 aromatic heterocycles. The highest BCUT2D eigenvalue weighted by Crippen LogP contribution is 2.18. The van der Waals surface area contributed by atoms with Crippen molar-refractivity contribution in [2.75, 3.05) is 19.6 Å². The second-order valence-corrected chi connectivity index (χ2v) is 4.48. The number of benzene rings is 1. The fraction of sp³-hybridized carbons (Fsp3) is 0.400. The van der Waals surface area contributed by atoms with Crippen molar-refractivity contribution in [3.8, 4) is 11.8 Å². The number of hydrogen-bond donors (Lipinski definition) is 1. The molecular formula is C15H18N2O. The first kappa shape index (κ1) is 12.7. The van der Waals surface area contributed by atoms with Crippen LogP contribution in [0.15, 0.2) is 18.2 Å². The standard InChI is InChI=1S/C15H18N2O/c1-12-13(7-5-9-16)6-4-8-14(12)15(18)17-10-2-3-11-17/h4,6,8H,2-3,9-11,16H2,1H3. The van der Waals surface area contributed by atoms with E-state index in [0.29, 0.717) is 6.54 Å². The van der Waals surface area contributed by atoms with Crippen LogP contribution in [0.1, 0.15) is 34.3 Å². The SMILES string of the molecule is Cc1c(C#CCN)cccc1C(=O)N1CCCC1. The maximum absolute atomic E-state index is 12.3. The van der Waals surface area contributed by atoms with Gasteiger partial charge in [0.2, 0.25) is 0 Å². The minimum absolute atomic E-state index is 0.126. The summed E-state index contributed by atoms with van der Waals surface area (Å²) in [7, 11) is 0. The molecule has 0 bridgehead atoms. The van der Waals surface area contributed by atoms with E-state index in [4.69, 9.17) is 5.73 Å². The minimum atomic E-state index is 0.126. The summed E-state index contributed by atoms with van der Waals surface area (Å²) in [6, 6.07) is 5.69. The van der Waals surface area contributed by atoms with E-state index in [1.54, 1.807) is 0 Å². The summed E-state index contributed by atoms with van der Waals surface area (Å²) in [6.07, 6.45) is 2.22. The molecule has 0 unspecified atom stereocenters. The van der Waals surface area contributed by atoms with E-state index in [2.05, 4.69) is 11.8 Å². The van der Waals surface area contributed by atoms with Crippen molar-refractivity contribution in [2.24, 2.45) is 5.73 Å². The van der Waals surface area contributed by atoms with Gasteiger partial charge in [-0.1, -0.05) is 17.9 Å². The Morgan fingerprint density at radius 1 is 1.39 bits per heavy atom. The number of carbonyl (C=O) groups excluding carboxylic acids is 1. The third-order valence-corrected chi connectivity index (χ3v) is 3.28. The first-order chi connectivity index (χ1) is 8.74. The van der Waals surface area contributed by atoms with Gasteiger partial charge < -0.3 is 10.6 Å². The molecule has 2 N–H and O–H groups in total. The quantitative estimate of drug-likeness (QED) is 0.759. The molecule has 2 rings (SSSR count). The van der Waals surface area contributed by atoms with Crippen molar-refractivity contribution in [1.29, 1.82) is 0 Å². The molecule has 1 amide bonds. The second-order valence-electron chi connectivity index (χ2n) is 4.48. The Bertz CT molecular complexity index is 505. The maximum Gasteiger partial charge on any atom is 0.254 e. The van der Waals surface area contributed by atoms with Gasteiger partial charge in [0.25, 0.3) is 5.91 Å². The molecule has 1 aliphatic heterocycles. The van der Waals surface area contributed by atoms with Gasteiger partial charge in [-0.15, -0.1) is 0 Å². The second kappa shape index (κ2) is 5.70. The average molecular weight is 242 g/mol. The van der Waals surface area contributed by atoms with Crippen molar-refractivity contribution >= 4 is 5.91 Å². The summed E-state index contributed by atoms with van der Waals surface area (Å²) >= 11 is 0. The third-order valence-electron chi connectivity index (χ3n) is 3.28. The first-order valence-corrected chi connectivity index (χ1v) is 6.32. The van der Waals surface area contributed by atoms with Gasteiger partial charge in [-0.2, -0.15) is 0 Å². The predicted octanol–water partition coefficient (Wildman–Crippen LogP) is 1.54. The molecule has 0 radical (unpaired) electrons. The van der Waals surface area contributed by atoms with Gasteiger partial charge in [0, 0.05) is 24.2 Å². The molecule has 0 aliphatic carbocycles. The zero-order chi connectivity index (χ0) is 13.0. The van der Waals surface area contributed by atoms with Gasteiger partial charge in [0.05, 0.1) is 6.54 Å². The van der Waals surface area contributed by atoms with E-state index in [1.807, 2.05) is 30.0 Å². The monoisotopic (exact) mass is 242 g/mol. The van der Waals surface area contributed by atoms with Crippen LogP contribution in [0.4, 0.5) is 0 Å². The molecule has 1 aromatic rings. The number of nitrogens with zero attached hydrogens (tertiary/aromatic N) is 1. The van der Waals surface area contributed by atoms with Crippen LogP contribution in [0.2, 0.25) is 0 Å². The highest BCUT2D eigenvalue weighted by molar-refractivity contribution is 5.96. The van der Waals surface area contributed by atoms with Crippen LogP contribution in [-0.4, -0.2) is 30.4 Å². The summed E-state index contributed by atoms with van der Waals surface area (Å²) in [5.74, 6) is 5.97. The van der Waals surface area contributed by atoms with E-state index < -0.39 is 0 Å². The molecule has 0 spiro atoms. The van der Waals surface area contributed by atoms with Crippen LogP contribution in [0, 0.1) is 18.8 Å². The van der Waals surface area contributed by atoms with Crippen LogP contribution in [-0.2, 0) is 0 Å². The fourth-order valence-electron chi connectivity index (χ4n) is 2.24. The molecule has 94 valence electrons. The van der Waals surface area contributed by atoms with Crippen molar-refractivity contribution in [2.45, 2.75) is 19.8 Å². The molecule has 1 aliphatic rings. The fourth-order valence-corrected chi connectivity index (χ4v) is 2.24. The topological polar surface area (TPSA) is 46.3 Å². The summed E-state index contributed by atoms with van der Waals surface area (Å²) < 4.78 is 0. The maximum atomic E-state index is 12.3. The van der Waals surface area contributed by atoms with Gasteiger partial charge in [-0.25, -0.2) is 0 Å². The summed E-state index contributed by atoms with van der Waals surface area (Å²) in [4.78, 5) is 14.3. The lowest BCUT2D eigenvalue weighted by molar-refractivity contribution is 0.0792. The van der Waals surface area contributed by atoms with Crippen molar-refractivity contribution in [1.82, 2.24) is 4.90 Å². The molecule has 1 aromatic carbocycles. The first-order valence-electron chi connectivity index (χ1n) is 6.32. The predicted molar refractivity (Wildman–Crippen MR) is 72.2 cm³/mol. The van der Waals surface area contributed by atoms with E-state index in [0.717, 1.165) is 42.6 Å².